The lowest BCUT2D eigenvalue weighted by molar-refractivity contribution is -0.116. The fourth-order valence-electron chi connectivity index (χ4n) is 3.70. The van der Waals surface area contributed by atoms with Crippen LogP contribution in [0.1, 0.15) is 37.9 Å². The first-order chi connectivity index (χ1) is 16.2. The number of hydrogen-bond donors (Lipinski definition) is 1. The van der Waals surface area contributed by atoms with Crippen LogP contribution in [0.25, 0.3) is 0 Å². The predicted octanol–water partition coefficient (Wildman–Crippen LogP) is 4.27. The van der Waals surface area contributed by atoms with Crippen molar-refractivity contribution < 1.29 is 32.3 Å². The van der Waals surface area contributed by atoms with E-state index >= 15 is 0 Å². The molecule has 0 fully saturated rings. The third kappa shape index (κ3) is 4.63. The second kappa shape index (κ2) is 9.38. The number of cyclic esters (lactones) is 1. The molecule has 2 amide bonds. The first kappa shape index (κ1) is 23.0. The predicted molar refractivity (Wildman–Crippen MR) is 117 cm³/mol. The maximum absolute atomic E-state index is 13.8. The molecule has 34 heavy (non-hydrogen) atoms. The molecule has 1 heterocycles. The molecule has 0 bridgehead atoms. The van der Waals surface area contributed by atoms with Crippen molar-refractivity contribution >= 4 is 23.5 Å². The van der Waals surface area contributed by atoms with E-state index in [1.54, 1.807) is 6.07 Å². The number of esters is 1. The molecule has 1 aliphatic rings. The molecular formula is C25H19F3N2O4. The van der Waals surface area contributed by atoms with E-state index in [4.69, 9.17) is 4.74 Å². The van der Waals surface area contributed by atoms with E-state index in [0.717, 1.165) is 16.5 Å². The van der Waals surface area contributed by atoms with Gasteiger partial charge in [0.2, 0.25) is 5.91 Å². The molecule has 1 N–H and O–H groups in total. The average molecular weight is 468 g/mol. The molecular weight excluding hydrogens is 449 g/mol. The monoisotopic (exact) mass is 468 g/mol. The minimum absolute atomic E-state index is 0.245. The quantitative estimate of drug-likeness (QED) is 0.448. The van der Waals surface area contributed by atoms with Crippen LogP contribution in [0, 0.1) is 17.5 Å². The van der Waals surface area contributed by atoms with E-state index in [9.17, 15) is 27.6 Å². The standard InChI is InChI=1S/C25H19F3N2O4/c1-30(13-21(31)29-19-10-9-18(26)22(27)23(19)28)24(32)15-7-8-17-16(11-15)12-20(34-25(17)33)14-5-3-2-4-6-14/h2-11,20H,12-13H2,1H3,(H,29,31)/t20-/m0/s1. The van der Waals surface area contributed by atoms with Crippen molar-refractivity contribution in [3.63, 3.8) is 0 Å². The lowest BCUT2D eigenvalue weighted by atomic mass is 9.93. The van der Waals surface area contributed by atoms with E-state index < -0.39 is 53.6 Å². The second-order valence-electron chi connectivity index (χ2n) is 7.81. The summed E-state index contributed by atoms with van der Waals surface area (Å²) in [6, 6.07) is 15.3. The fraction of sp³-hybridized carbons (Fsp3) is 0.160. The van der Waals surface area contributed by atoms with Crippen molar-refractivity contribution in [1.82, 2.24) is 4.90 Å². The third-order valence-corrected chi connectivity index (χ3v) is 5.43. The van der Waals surface area contributed by atoms with Crippen molar-refractivity contribution in [2.24, 2.45) is 0 Å². The maximum atomic E-state index is 13.8. The minimum atomic E-state index is -1.70. The van der Waals surface area contributed by atoms with E-state index in [2.05, 4.69) is 5.32 Å². The number of ether oxygens (including phenoxy) is 1. The Bertz CT molecular complexity index is 1280. The van der Waals surface area contributed by atoms with Gasteiger partial charge in [0.1, 0.15) is 6.10 Å². The van der Waals surface area contributed by atoms with Gasteiger partial charge in [0.25, 0.3) is 5.91 Å². The summed E-state index contributed by atoms with van der Waals surface area (Å²) in [7, 11) is 1.37. The molecule has 0 aromatic heterocycles. The highest BCUT2D eigenvalue weighted by Crippen LogP contribution is 2.31. The maximum Gasteiger partial charge on any atom is 0.339 e. The Morgan fingerprint density at radius 3 is 2.50 bits per heavy atom. The van der Waals surface area contributed by atoms with Crippen molar-refractivity contribution in [1.29, 1.82) is 0 Å². The number of fused-ring (bicyclic) bond motifs is 1. The highest BCUT2D eigenvalue weighted by atomic mass is 19.2. The van der Waals surface area contributed by atoms with E-state index in [-0.39, 0.29) is 5.56 Å². The Hall–Kier alpha value is -4.14. The minimum Gasteiger partial charge on any atom is -0.454 e. The Kier molecular flexibility index (Phi) is 6.36. The number of nitrogens with zero attached hydrogens (tertiary/aromatic N) is 1. The van der Waals surface area contributed by atoms with Gasteiger partial charge in [-0.05, 0) is 41.5 Å². The molecule has 4 rings (SSSR count). The molecule has 1 atom stereocenters. The second-order valence-corrected chi connectivity index (χ2v) is 7.81. The van der Waals surface area contributed by atoms with Gasteiger partial charge in [-0.3, -0.25) is 9.59 Å². The Balaban J connectivity index is 1.46. The normalized spacial score (nSPS) is 14.7. The molecule has 1 aliphatic heterocycles. The topological polar surface area (TPSA) is 75.7 Å². The van der Waals surface area contributed by atoms with Gasteiger partial charge in [-0.15, -0.1) is 0 Å². The van der Waals surface area contributed by atoms with Crippen LogP contribution < -0.4 is 5.32 Å². The molecule has 3 aromatic carbocycles. The lowest BCUT2D eigenvalue weighted by Crippen LogP contribution is -2.35. The molecule has 0 spiro atoms. The summed E-state index contributed by atoms with van der Waals surface area (Å²) in [5.41, 5.74) is 1.53. The fourth-order valence-corrected chi connectivity index (χ4v) is 3.70. The summed E-state index contributed by atoms with van der Waals surface area (Å²) < 4.78 is 45.7. The first-order valence-corrected chi connectivity index (χ1v) is 10.3. The first-order valence-electron chi connectivity index (χ1n) is 10.3. The number of rotatable bonds is 5. The van der Waals surface area contributed by atoms with Gasteiger partial charge in [-0.25, -0.2) is 18.0 Å². The highest BCUT2D eigenvalue weighted by molar-refractivity contribution is 6.00. The Morgan fingerprint density at radius 2 is 1.76 bits per heavy atom. The van der Waals surface area contributed by atoms with Crippen LogP contribution in [0.5, 0.6) is 0 Å². The van der Waals surface area contributed by atoms with Crippen LogP contribution in [-0.2, 0) is 16.0 Å². The SMILES string of the molecule is CN(CC(=O)Nc1ccc(F)c(F)c1F)C(=O)c1ccc2c(c1)C[C@@H](c1ccccc1)OC2=O. The van der Waals surface area contributed by atoms with Crippen molar-refractivity contribution in [3.05, 3.63) is 100 Å². The molecule has 0 unspecified atom stereocenters. The van der Waals surface area contributed by atoms with Crippen LogP contribution in [0.4, 0.5) is 18.9 Å². The molecule has 0 aliphatic carbocycles. The summed E-state index contributed by atoms with van der Waals surface area (Å²) >= 11 is 0. The van der Waals surface area contributed by atoms with Gasteiger partial charge < -0.3 is 15.0 Å². The summed E-state index contributed by atoms with van der Waals surface area (Å²) in [5, 5.41) is 2.12. The molecule has 0 saturated heterocycles. The van der Waals surface area contributed by atoms with Gasteiger partial charge in [0.05, 0.1) is 17.8 Å². The number of halogens is 3. The van der Waals surface area contributed by atoms with Crippen molar-refractivity contribution in [3.8, 4) is 0 Å². The number of carbonyl (C=O) groups is 3. The van der Waals surface area contributed by atoms with Gasteiger partial charge in [0, 0.05) is 19.0 Å². The van der Waals surface area contributed by atoms with Crippen molar-refractivity contribution in [2.45, 2.75) is 12.5 Å². The van der Waals surface area contributed by atoms with Crippen LogP contribution >= 0.6 is 0 Å². The van der Waals surface area contributed by atoms with Crippen molar-refractivity contribution in [2.75, 3.05) is 18.9 Å². The Morgan fingerprint density at radius 1 is 1.03 bits per heavy atom. The number of hydrogen-bond acceptors (Lipinski definition) is 4. The lowest BCUT2D eigenvalue weighted by Gasteiger charge is -2.26. The summed E-state index contributed by atoms with van der Waals surface area (Å²) in [5.74, 6) is -6.42. The van der Waals surface area contributed by atoms with Crippen LogP contribution in [0.15, 0.2) is 60.7 Å². The number of amides is 2. The van der Waals surface area contributed by atoms with E-state index in [0.29, 0.717) is 23.6 Å². The van der Waals surface area contributed by atoms with Crippen LogP contribution in [0.3, 0.4) is 0 Å². The average Bonchev–Trinajstić information content (AvgIpc) is 2.84. The summed E-state index contributed by atoms with van der Waals surface area (Å²) in [4.78, 5) is 38.6. The smallest absolute Gasteiger partial charge is 0.339 e. The number of benzene rings is 3. The molecule has 0 radical (unpaired) electrons. The number of likely N-dealkylation sites (N-methyl/N-ethyl adjacent to an activating group) is 1. The number of carbonyl (C=O) groups excluding carboxylic acids is 3. The Labute approximate surface area is 192 Å². The van der Waals surface area contributed by atoms with Crippen LogP contribution in [-0.4, -0.2) is 36.3 Å². The van der Waals surface area contributed by atoms with Gasteiger partial charge in [-0.2, -0.15) is 0 Å². The van der Waals surface area contributed by atoms with Crippen LogP contribution in [0.2, 0.25) is 0 Å². The van der Waals surface area contributed by atoms with Gasteiger partial charge in [-0.1, -0.05) is 30.3 Å². The largest absolute Gasteiger partial charge is 0.454 e. The van der Waals surface area contributed by atoms with Gasteiger partial charge in [0.15, 0.2) is 17.5 Å². The highest BCUT2D eigenvalue weighted by Gasteiger charge is 2.28. The summed E-state index contributed by atoms with van der Waals surface area (Å²) in [6.45, 7) is -0.469. The molecule has 3 aromatic rings. The van der Waals surface area contributed by atoms with Gasteiger partial charge >= 0.3 is 5.97 Å². The number of anilines is 1. The zero-order chi connectivity index (χ0) is 24.4. The molecule has 174 valence electrons. The molecule has 0 saturated carbocycles. The van der Waals surface area contributed by atoms with E-state index in [1.165, 1.54) is 19.2 Å². The zero-order valence-corrected chi connectivity index (χ0v) is 18.0. The molecule has 9 heteroatoms. The number of nitrogens with one attached hydrogen (secondary N) is 1. The zero-order valence-electron chi connectivity index (χ0n) is 18.0. The molecule has 6 nitrogen and oxygen atoms in total. The summed E-state index contributed by atoms with van der Waals surface area (Å²) in [6.07, 6.45) is -0.104. The van der Waals surface area contributed by atoms with E-state index in [1.807, 2.05) is 30.3 Å². The third-order valence-electron chi connectivity index (χ3n) is 5.43.